The van der Waals surface area contributed by atoms with E-state index in [1.54, 1.807) is 6.20 Å². The Morgan fingerprint density at radius 2 is 1.20 bits per heavy atom. The molecular weight excluding hydrogens is 687 g/mol. The summed E-state index contributed by atoms with van der Waals surface area (Å²) in [6.07, 6.45) is 3.67. The number of pyridine rings is 2. The van der Waals surface area contributed by atoms with Gasteiger partial charge in [0.1, 0.15) is 23.0 Å². The van der Waals surface area contributed by atoms with Gasteiger partial charge in [0.05, 0.1) is 11.4 Å². The number of hydrogen-bond acceptors (Lipinski definition) is 7. The predicted octanol–water partition coefficient (Wildman–Crippen LogP) is 9.46. The number of rotatable bonds is 7. The minimum Gasteiger partial charge on any atom is -0.457 e. The molecule has 1 aliphatic heterocycles. The summed E-state index contributed by atoms with van der Waals surface area (Å²) in [5.74, 6) is 3.53. The van der Waals surface area contributed by atoms with E-state index >= 15 is 0 Å². The molecule has 8 aromatic rings. The molecule has 0 amide bonds. The maximum absolute atomic E-state index is 6.56. The Balaban J connectivity index is 1.16. The molecule has 56 heavy (non-hydrogen) atoms. The quantitative estimate of drug-likeness (QED) is 0.152. The molecule has 5 aromatic carbocycles. The molecule has 0 spiro atoms. The first-order valence-electron chi connectivity index (χ1n) is 18.8. The number of aromatic nitrogens is 5. The van der Waals surface area contributed by atoms with Crippen LogP contribution in [0.15, 0.2) is 182 Å². The molecule has 0 bridgehead atoms. The van der Waals surface area contributed by atoms with Crippen LogP contribution in [0.3, 0.4) is 0 Å². The molecule has 2 aliphatic rings. The highest BCUT2D eigenvalue weighted by atomic mass is 16.5. The summed E-state index contributed by atoms with van der Waals surface area (Å²) in [5, 5.41) is 0. The number of hydrogen-bond donors (Lipinski definition) is 0. The average Bonchev–Trinajstić information content (AvgIpc) is 3.49. The van der Waals surface area contributed by atoms with Crippen LogP contribution in [0.1, 0.15) is 25.0 Å². The first-order chi connectivity index (χ1) is 27.5. The molecule has 0 unspecified atom stereocenters. The average molecular weight is 723 g/mol. The molecule has 266 valence electrons. The van der Waals surface area contributed by atoms with Gasteiger partial charge in [-0.2, -0.15) is 0 Å². The van der Waals surface area contributed by atoms with Crippen molar-refractivity contribution >= 4 is 35.1 Å². The van der Waals surface area contributed by atoms with Crippen LogP contribution in [0.25, 0.3) is 39.7 Å². The van der Waals surface area contributed by atoms with Gasteiger partial charge in [0, 0.05) is 51.8 Å². The fourth-order valence-electron chi connectivity index (χ4n) is 8.19. The molecule has 3 aromatic heterocycles. The lowest BCUT2D eigenvalue weighted by Gasteiger charge is -2.38. The molecule has 1 aliphatic carbocycles. The molecule has 0 fully saturated rings. The standard InChI is InChI=1S/C48H35BN6O/c1-48(2)39-25-10-9-24-38(39)42-43(48)49(47-53-44(32-16-5-3-6-17-32)52-45(54-47)33-18-7-4-8-19-33)40-26-15-29-51-46(40)55(42)35-21-14-23-37(31-35)56-36-22-13-20-34(30-36)41-27-11-12-28-50-41/h3-31H,1-2H3. The zero-order chi connectivity index (χ0) is 37.6. The third kappa shape index (κ3) is 5.74. The molecular formula is C48H35BN6O. The maximum Gasteiger partial charge on any atom is 0.293 e. The second-order valence-corrected chi connectivity index (χ2v) is 14.5. The van der Waals surface area contributed by atoms with Crippen LogP contribution in [-0.4, -0.2) is 31.6 Å². The van der Waals surface area contributed by atoms with E-state index in [9.17, 15) is 0 Å². The van der Waals surface area contributed by atoms with Crippen LogP contribution >= 0.6 is 0 Å². The Morgan fingerprint density at radius 3 is 1.93 bits per heavy atom. The number of allylic oxidation sites excluding steroid dienone is 1. The summed E-state index contributed by atoms with van der Waals surface area (Å²) < 4.78 is 6.56. The lowest BCUT2D eigenvalue weighted by Crippen LogP contribution is -2.55. The van der Waals surface area contributed by atoms with Crippen LogP contribution in [-0.2, 0) is 5.41 Å². The van der Waals surface area contributed by atoms with E-state index in [0.717, 1.165) is 56.4 Å². The summed E-state index contributed by atoms with van der Waals surface area (Å²) in [4.78, 5) is 27.6. The van der Waals surface area contributed by atoms with Crippen LogP contribution in [0.5, 0.6) is 11.5 Å². The molecule has 8 heteroatoms. The van der Waals surface area contributed by atoms with Crippen molar-refractivity contribution in [2.45, 2.75) is 19.3 Å². The first kappa shape index (κ1) is 33.4. The molecule has 10 rings (SSSR count). The Hall–Kier alpha value is -7.19. The fraction of sp³-hybridized carbons (Fsp3) is 0.0625. The second kappa shape index (κ2) is 13.6. The zero-order valence-corrected chi connectivity index (χ0v) is 30.9. The van der Waals surface area contributed by atoms with Crippen molar-refractivity contribution in [1.29, 1.82) is 0 Å². The van der Waals surface area contributed by atoms with E-state index in [1.807, 2.05) is 103 Å². The number of nitrogens with zero attached hydrogens (tertiary/aromatic N) is 6. The Morgan fingerprint density at radius 1 is 0.554 bits per heavy atom. The summed E-state index contributed by atoms with van der Waals surface area (Å²) in [7, 11) is 0. The minimum atomic E-state index is -0.380. The normalized spacial score (nSPS) is 13.9. The van der Waals surface area contributed by atoms with E-state index < -0.39 is 0 Å². The van der Waals surface area contributed by atoms with Crippen molar-refractivity contribution in [2.75, 3.05) is 4.90 Å². The van der Waals surface area contributed by atoms with Gasteiger partial charge in [-0.25, -0.2) is 19.9 Å². The van der Waals surface area contributed by atoms with Gasteiger partial charge in [-0.3, -0.25) is 9.88 Å². The molecule has 0 saturated heterocycles. The highest BCUT2D eigenvalue weighted by Gasteiger charge is 2.51. The summed E-state index contributed by atoms with van der Waals surface area (Å²) in [5.41, 5.74) is 10.7. The Bertz CT molecular complexity index is 2720. The summed E-state index contributed by atoms with van der Waals surface area (Å²) >= 11 is 0. The largest absolute Gasteiger partial charge is 0.457 e. The van der Waals surface area contributed by atoms with E-state index in [4.69, 9.17) is 24.7 Å². The Labute approximate surface area is 326 Å². The van der Waals surface area contributed by atoms with Gasteiger partial charge in [-0.1, -0.05) is 135 Å². The highest BCUT2D eigenvalue weighted by molar-refractivity contribution is 6.92. The van der Waals surface area contributed by atoms with Gasteiger partial charge >= 0.3 is 0 Å². The SMILES string of the molecule is CC1(C)C2=C(c3ccccc31)N(c1cccc(Oc3cccc(-c4ccccn4)c3)c1)c1ncccc1B2c1nc(-c2ccccc2)nc(-c2ccccc2)n1. The van der Waals surface area contributed by atoms with E-state index in [-0.39, 0.29) is 12.1 Å². The molecule has 4 heterocycles. The highest BCUT2D eigenvalue weighted by Crippen LogP contribution is 2.53. The number of fused-ring (bicyclic) bond motifs is 3. The van der Waals surface area contributed by atoms with Crippen molar-refractivity contribution in [3.05, 3.63) is 193 Å². The molecule has 0 atom stereocenters. The van der Waals surface area contributed by atoms with Gasteiger partial charge in [0.15, 0.2) is 11.6 Å². The number of ether oxygens (including phenoxy) is 1. The fourth-order valence-corrected chi connectivity index (χ4v) is 8.19. The van der Waals surface area contributed by atoms with Crippen molar-refractivity contribution in [3.8, 4) is 45.5 Å². The van der Waals surface area contributed by atoms with Crippen LogP contribution in [0.2, 0.25) is 0 Å². The number of benzene rings is 5. The third-order valence-corrected chi connectivity index (χ3v) is 10.7. The van der Waals surface area contributed by atoms with Gasteiger partial charge in [-0.15, -0.1) is 0 Å². The molecule has 0 radical (unpaired) electrons. The van der Waals surface area contributed by atoms with Gasteiger partial charge < -0.3 is 4.74 Å². The first-order valence-corrected chi connectivity index (χ1v) is 18.8. The lowest BCUT2D eigenvalue weighted by molar-refractivity contribution is 0.483. The predicted molar refractivity (Wildman–Crippen MR) is 225 cm³/mol. The van der Waals surface area contributed by atoms with E-state index in [1.165, 1.54) is 11.0 Å². The maximum atomic E-state index is 6.56. The topological polar surface area (TPSA) is 76.9 Å². The summed E-state index contributed by atoms with van der Waals surface area (Å²) in [6.45, 7) is 4.31. The van der Waals surface area contributed by atoms with Crippen molar-refractivity contribution < 1.29 is 4.74 Å². The monoisotopic (exact) mass is 722 g/mol. The molecule has 0 N–H and O–H groups in total. The lowest BCUT2D eigenvalue weighted by atomic mass is 9.34. The third-order valence-electron chi connectivity index (χ3n) is 10.7. The summed E-state index contributed by atoms with van der Waals surface area (Å²) in [6, 6.07) is 55.4. The van der Waals surface area contributed by atoms with Crippen molar-refractivity contribution in [3.63, 3.8) is 0 Å². The van der Waals surface area contributed by atoms with Crippen LogP contribution < -0.4 is 20.8 Å². The smallest absolute Gasteiger partial charge is 0.293 e. The van der Waals surface area contributed by atoms with E-state index in [0.29, 0.717) is 23.1 Å². The van der Waals surface area contributed by atoms with Gasteiger partial charge in [-0.05, 0) is 53.5 Å². The van der Waals surface area contributed by atoms with Crippen LogP contribution in [0.4, 0.5) is 11.5 Å². The second-order valence-electron chi connectivity index (χ2n) is 14.5. The van der Waals surface area contributed by atoms with Gasteiger partial charge in [0.2, 0.25) is 0 Å². The number of anilines is 2. The minimum absolute atomic E-state index is 0.311. The Kier molecular flexibility index (Phi) is 8.10. The molecule has 7 nitrogen and oxygen atoms in total. The van der Waals surface area contributed by atoms with Crippen LogP contribution in [0, 0.1) is 0 Å². The van der Waals surface area contributed by atoms with Crippen molar-refractivity contribution in [1.82, 2.24) is 24.9 Å². The van der Waals surface area contributed by atoms with E-state index in [2.05, 4.69) is 90.5 Å². The molecule has 0 saturated carbocycles. The van der Waals surface area contributed by atoms with Crippen molar-refractivity contribution in [2.24, 2.45) is 0 Å². The van der Waals surface area contributed by atoms with Gasteiger partial charge in [0.25, 0.3) is 6.71 Å². The zero-order valence-electron chi connectivity index (χ0n) is 30.9.